The maximum absolute atomic E-state index is 9.85. The van der Waals surface area contributed by atoms with E-state index in [1.807, 2.05) is 0 Å². The van der Waals surface area contributed by atoms with Crippen molar-refractivity contribution in [3.05, 3.63) is 0 Å². The molecular weight excluding hydrogens is 236 g/mol. The highest BCUT2D eigenvalue weighted by atomic mass is 16.3. The van der Waals surface area contributed by atoms with Crippen LogP contribution >= 0.6 is 0 Å². The van der Waals surface area contributed by atoms with Crippen molar-refractivity contribution in [2.24, 2.45) is 0 Å². The molecule has 116 valence electrons. The van der Waals surface area contributed by atoms with E-state index in [-0.39, 0.29) is 6.10 Å². The van der Waals surface area contributed by atoms with Crippen LogP contribution in [-0.2, 0) is 0 Å². The van der Waals surface area contributed by atoms with Gasteiger partial charge in [-0.1, -0.05) is 77.6 Å². The minimum atomic E-state index is -0.0592. The molecular formula is C17H36O2. The number of hydrogen-bond acceptors (Lipinski definition) is 2. The topological polar surface area (TPSA) is 40.5 Å². The summed E-state index contributed by atoms with van der Waals surface area (Å²) >= 11 is 0. The molecule has 0 aromatic carbocycles. The molecule has 0 heterocycles. The summed E-state index contributed by atoms with van der Waals surface area (Å²) in [6, 6.07) is 0. The van der Waals surface area contributed by atoms with Crippen molar-refractivity contribution in [3.8, 4) is 0 Å². The molecule has 0 saturated heterocycles. The monoisotopic (exact) mass is 272 g/mol. The van der Waals surface area contributed by atoms with Crippen LogP contribution in [0.4, 0.5) is 0 Å². The second kappa shape index (κ2) is 16.0. The van der Waals surface area contributed by atoms with Crippen molar-refractivity contribution < 1.29 is 10.2 Å². The molecule has 0 aliphatic rings. The molecule has 1 atom stereocenters. The summed E-state index contributed by atoms with van der Waals surface area (Å²) in [7, 11) is 0. The average Bonchev–Trinajstić information content (AvgIpc) is 2.41. The number of hydrogen-bond donors (Lipinski definition) is 2. The predicted octanol–water partition coefficient (Wildman–Crippen LogP) is 4.82. The molecule has 0 rings (SSSR count). The van der Waals surface area contributed by atoms with Crippen LogP contribution in [0.25, 0.3) is 0 Å². The molecule has 0 aliphatic heterocycles. The van der Waals surface area contributed by atoms with E-state index in [2.05, 4.69) is 6.92 Å². The Morgan fingerprint density at radius 2 is 1.05 bits per heavy atom. The van der Waals surface area contributed by atoms with Gasteiger partial charge >= 0.3 is 0 Å². The lowest BCUT2D eigenvalue weighted by Gasteiger charge is -2.10. The van der Waals surface area contributed by atoms with Crippen molar-refractivity contribution in [2.75, 3.05) is 6.61 Å². The number of aliphatic hydroxyl groups excluding tert-OH is 2. The highest BCUT2D eigenvalue weighted by molar-refractivity contribution is 4.57. The van der Waals surface area contributed by atoms with Gasteiger partial charge in [-0.25, -0.2) is 0 Å². The summed E-state index contributed by atoms with van der Waals surface area (Å²) in [5.41, 5.74) is 0. The van der Waals surface area contributed by atoms with Crippen molar-refractivity contribution >= 4 is 0 Å². The van der Waals surface area contributed by atoms with E-state index in [4.69, 9.17) is 5.11 Å². The standard InChI is InChI=1S/C17H36O2/c1-2-3-4-8-11-14-17(19)15-12-9-6-5-7-10-13-16-18/h17-19H,2-16H2,1H3. The lowest BCUT2D eigenvalue weighted by atomic mass is 10.0. The molecule has 2 nitrogen and oxygen atoms in total. The average molecular weight is 272 g/mol. The summed E-state index contributed by atoms with van der Waals surface area (Å²) in [6.45, 7) is 2.57. The highest BCUT2D eigenvalue weighted by Crippen LogP contribution is 2.13. The number of aliphatic hydroxyl groups is 2. The zero-order valence-electron chi connectivity index (χ0n) is 13.1. The minimum Gasteiger partial charge on any atom is -0.396 e. The summed E-state index contributed by atoms with van der Waals surface area (Å²) in [5.74, 6) is 0. The Labute approximate surface area is 120 Å². The maximum Gasteiger partial charge on any atom is 0.0540 e. The molecule has 0 spiro atoms. The fraction of sp³-hybridized carbons (Fsp3) is 1.00. The van der Waals surface area contributed by atoms with Gasteiger partial charge < -0.3 is 10.2 Å². The van der Waals surface area contributed by atoms with E-state index in [1.165, 1.54) is 64.2 Å². The molecule has 0 aliphatic carbocycles. The molecule has 0 amide bonds. The summed E-state index contributed by atoms with van der Waals surface area (Å²) < 4.78 is 0. The Morgan fingerprint density at radius 3 is 1.53 bits per heavy atom. The third-order valence-electron chi connectivity index (χ3n) is 3.84. The van der Waals surface area contributed by atoms with Crippen molar-refractivity contribution in [1.29, 1.82) is 0 Å². The third kappa shape index (κ3) is 15.9. The summed E-state index contributed by atoms with van der Waals surface area (Å²) in [5, 5.41) is 18.5. The summed E-state index contributed by atoms with van der Waals surface area (Å²) in [6.07, 6.45) is 16.8. The highest BCUT2D eigenvalue weighted by Gasteiger charge is 2.03. The predicted molar refractivity (Wildman–Crippen MR) is 83.4 cm³/mol. The van der Waals surface area contributed by atoms with Gasteiger partial charge in [0.25, 0.3) is 0 Å². The van der Waals surface area contributed by atoms with Crippen LogP contribution in [0.2, 0.25) is 0 Å². The molecule has 0 saturated carbocycles. The van der Waals surface area contributed by atoms with Crippen LogP contribution in [0.1, 0.15) is 96.8 Å². The maximum atomic E-state index is 9.85. The van der Waals surface area contributed by atoms with Crippen LogP contribution in [0.15, 0.2) is 0 Å². The Hall–Kier alpha value is -0.0800. The van der Waals surface area contributed by atoms with E-state index >= 15 is 0 Å². The normalized spacial score (nSPS) is 12.8. The first-order valence-electron chi connectivity index (χ1n) is 8.60. The fourth-order valence-electron chi connectivity index (χ4n) is 2.50. The van der Waals surface area contributed by atoms with Crippen molar-refractivity contribution in [3.63, 3.8) is 0 Å². The number of rotatable bonds is 15. The Bertz CT molecular complexity index is 159. The third-order valence-corrected chi connectivity index (χ3v) is 3.84. The smallest absolute Gasteiger partial charge is 0.0540 e. The van der Waals surface area contributed by atoms with E-state index in [1.54, 1.807) is 0 Å². The van der Waals surface area contributed by atoms with E-state index < -0.39 is 0 Å². The van der Waals surface area contributed by atoms with Gasteiger partial charge in [-0.15, -0.1) is 0 Å². The molecule has 2 heteroatoms. The molecule has 0 aromatic rings. The van der Waals surface area contributed by atoms with E-state index in [9.17, 15) is 5.11 Å². The molecule has 0 fully saturated rings. The molecule has 0 bridgehead atoms. The van der Waals surface area contributed by atoms with Crippen LogP contribution in [0.5, 0.6) is 0 Å². The largest absolute Gasteiger partial charge is 0.396 e. The van der Waals surface area contributed by atoms with Gasteiger partial charge in [-0.3, -0.25) is 0 Å². The second-order valence-corrected chi connectivity index (χ2v) is 5.84. The lowest BCUT2D eigenvalue weighted by molar-refractivity contribution is 0.147. The minimum absolute atomic E-state index is 0.0592. The first-order chi connectivity index (χ1) is 9.31. The lowest BCUT2D eigenvalue weighted by Crippen LogP contribution is -2.05. The van der Waals surface area contributed by atoms with E-state index in [0.717, 1.165) is 25.7 Å². The van der Waals surface area contributed by atoms with Crippen LogP contribution < -0.4 is 0 Å². The Morgan fingerprint density at radius 1 is 0.632 bits per heavy atom. The molecule has 2 N–H and O–H groups in total. The van der Waals surface area contributed by atoms with Gasteiger partial charge in [0.2, 0.25) is 0 Å². The van der Waals surface area contributed by atoms with Gasteiger partial charge in [0.05, 0.1) is 6.10 Å². The Kier molecular flexibility index (Phi) is 15.9. The fourth-order valence-corrected chi connectivity index (χ4v) is 2.50. The van der Waals surface area contributed by atoms with Gasteiger partial charge in [0.1, 0.15) is 0 Å². The zero-order chi connectivity index (χ0) is 14.2. The first-order valence-corrected chi connectivity index (χ1v) is 8.60. The summed E-state index contributed by atoms with van der Waals surface area (Å²) in [4.78, 5) is 0. The van der Waals surface area contributed by atoms with Gasteiger partial charge in [0.15, 0.2) is 0 Å². The molecule has 0 radical (unpaired) electrons. The zero-order valence-corrected chi connectivity index (χ0v) is 13.1. The SMILES string of the molecule is CCCCCCCC(O)CCCCCCCCCO. The molecule has 19 heavy (non-hydrogen) atoms. The Balaban J connectivity index is 3.09. The van der Waals surface area contributed by atoms with Crippen LogP contribution in [-0.4, -0.2) is 22.9 Å². The first kappa shape index (κ1) is 18.9. The van der Waals surface area contributed by atoms with Crippen LogP contribution in [0, 0.1) is 0 Å². The van der Waals surface area contributed by atoms with Crippen LogP contribution in [0.3, 0.4) is 0 Å². The van der Waals surface area contributed by atoms with Crippen molar-refractivity contribution in [2.45, 2.75) is 103 Å². The van der Waals surface area contributed by atoms with Crippen molar-refractivity contribution in [1.82, 2.24) is 0 Å². The molecule has 0 aromatic heterocycles. The quantitative estimate of drug-likeness (QED) is 0.420. The van der Waals surface area contributed by atoms with Gasteiger partial charge in [0, 0.05) is 6.61 Å². The van der Waals surface area contributed by atoms with Gasteiger partial charge in [-0.2, -0.15) is 0 Å². The van der Waals surface area contributed by atoms with Gasteiger partial charge in [-0.05, 0) is 19.3 Å². The number of unbranched alkanes of at least 4 members (excludes halogenated alkanes) is 10. The second-order valence-electron chi connectivity index (χ2n) is 5.84. The van der Waals surface area contributed by atoms with E-state index in [0.29, 0.717) is 6.61 Å². The molecule has 1 unspecified atom stereocenters.